The van der Waals surface area contributed by atoms with Crippen molar-refractivity contribution in [3.05, 3.63) is 0 Å². The van der Waals surface area contributed by atoms with Gasteiger partial charge in [0.2, 0.25) is 0 Å². The second kappa shape index (κ2) is 11.4. The average Bonchev–Trinajstić information content (AvgIpc) is 2.50. The van der Waals surface area contributed by atoms with Crippen LogP contribution in [0.4, 0.5) is 0 Å². The summed E-state index contributed by atoms with van der Waals surface area (Å²) >= 11 is 5.39. The van der Waals surface area contributed by atoms with Crippen LogP contribution in [0.5, 0.6) is 0 Å². The van der Waals surface area contributed by atoms with Gasteiger partial charge in [0.1, 0.15) is 0 Å². The molecule has 22 heavy (non-hydrogen) atoms. The van der Waals surface area contributed by atoms with Gasteiger partial charge in [-0.2, -0.15) is 0 Å². The van der Waals surface area contributed by atoms with E-state index in [0.717, 1.165) is 41.6 Å². The fourth-order valence-electron chi connectivity index (χ4n) is 4.11. The van der Waals surface area contributed by atoms with Crippen LogP contribution in [0.25, 0.3) is 0 Å². The third-order valence-electron chi connectivity index (χ3n) is 5.88. The molecule has 1 nitrogen and oxygen atoms in total. The van der Waals surface area contributed by atoms with Gasteiger partial charge in [0.15, 0.2) is 0 Å². The molecule has 0 radical (unpaired) electrons. The molecule has 1 N–H and O–H groups in total. The third-order valence-corrected chi connectivity index (χ3v) is 6.22. The molecule has 1 rings (SSSR count). The molecule has 1 aliphatic rings. The lowest BCUT2D eigenvalue weighted by molar-refractivity contribution is 0.119. The standard InChI is InChI=1S/C20H39NS/c1-5-7-13-21-20(22)12-10-8-9-11-18-14-16(3)17(4)19(6-2)15-18/h16-19H,5-15H2,1-4H3,(H,21,22). The minimum absolute atomic E-state index is 0.930. The maximum absolute atomic E-state index is 5.39. The first-order chi connectivity index (χ1) is 10.6. The van der Waals surface area contributed by atoms with Crippen LogP contribution in [0.15, 0.2) is 0 Å². The van der Waals surface area contributed by atoms with Crippen LogP contribution >= 0.6 is 12.2 Å². The number of rotatable bonds is 10. The summed E-state index contributed by atoms with van der Waals surface area (Å²) in [6, 6.07) is 0. The number of nitrogens with one attached hydrogen (secondary N) is 1. The van der Waals surface area contributed by atoms with Crippen LogP contribution in [0.2, 0.25) is 0 Å². The van der Waals surface area contributed by atoms with Crippen molar-refractivity contribution < 1.29 is 0 Å². The van der Waals surface area contributed by atoms with Crippen molar-refractivity contribution in [1.29, 1.82) is 0 Å². The van der Waals surface area contributed by atoms with Crippen LogP contribution in [-0.2, 0) is 0 Å². The molecule has 0 saturated heterocycles. The molecular weight excluding hydrogens is 286 g/mol. The Morgan fingerprint density at radius 1 is 1.05 bits per heavy atom. The van der Waals surface area contributed by atoms with Crippen LogP contribution in [0, 0.1) is 23.7 Å². The van der Waals surface area contributed by atoms with E-state index in [1.54, 1.807) is 0 Å². The summed E-state index contributed by atoms with van der Waals surface area (Å²) in [5.74, 6) is 3.83. The van der Waals surface area contributed by atoms with E-state index >= 15 is 0 Å². The highest BCUT2D eigenvalue weighted by Gasteiger charge is 2.31. The normalized spacial score (nSPS) is 28.5. The number of thiocarbonyl (C=S) groups is 1. The smallest absolute Gasteiger partial charge is 0.0753 e. The summed E-state index contributed by atoms with van der Waals surface area (Å²) in [6.45, 7) is 10.6. The van der Waals surface area contributed by atoms with E-state index in [9.17, 15) is 0 Å². The Bertz CT molecular complexity index is 302. The molecule has 130 valence electrons. The van der Waals surface area contributed by atoms with E-state index in [-0.39, 0.29) is 0 Å². The molecule has 4 atom stereocenters. The van der Waals surface area contributed by atoms with E-state index in [4.69, 9.17) is 12.2 Å². The molecule has 4 unspecified atom stereocenters. The highest BCUT2D eigenvalue weighted by Crippen LogP contribution is 2.41. The molecule has 1 aliphatic carbocycles. The predicted octanol–water partition coefficient (Wildman–Crippen LogP) is 6.36. The molecule has 0 amide bonds. The summed E-state index contributed by atoms with van der Waals surface area (Å²) in [5, 5.41) is 3.38. The Kier molecular flexibility index (Phi) is 10.4. The molecule has 0 spiro atoms. The minimum atomic E-state index is 0.930. The molecule has 0 aliphatic heterocycles. The van der Waals surface area contributed by atoms with Crippen molar-refractivity contribution in [3.63, 3.8) is 0 Å². The number of hydrogen-bond acceptors (Lipinski definition) is 1. The highest BCUT2D eigenvalue weighted by atomic mass is 32.1. The Morgan fingerprint density at radius 2 is 1.82 bits per heavy atom. The van der Waals surface area contributed by atoms with Crippen LogP contribution in [0.1, 0.15) is 91.9 Å². The second-order valence-corrected chi connectivity index (χ2v) is 8.14. The van der Waals surface area contributed by atoms with Crippen molar-refractivity contribution in [2.45, 2.75) is 91.9 Å². The summed E-state index contributed by atoms with van der Waals surface area (Å²) in [7, 11) is 0. The van der Waals surface area contributed by atoms with Gasteiger partial charge >= 0.3 is 0 Å². The lowest BCUT2D eigenvalue weighted by Gasteiger charge is -2.38. The van der Waals surface area contributed by atoms with Crippen LogP contribution in [-0.4, -0.2) is 11.5 Å². The molecule has 1 fully saturated rings. The fraction of sp³-hybridized carbons (Fsp3) is 0.950. The van der Waals surface area contributed by atoms with Crippen molar-refractivity contribution >= 4 is 17.2 Å². The van der Waals surface area contributed by atoms with Crippen LogP contribution < -0.4 is 5.32 Å². The highest BCUT2D eigenvalue weighted by molar-refractivity contribution is 7.80. The topological polar surface area (TPSA) is 12.0 Å². The van der Waals surface area contributed by atoms with Gasteiger partial charge in [0, 0.05) is 6.54 Å². The predicted molar refractivity (Wildman–Crippen MR) is 103 cm³/mol. The maximum Gasteiger partial charge on any atom is 0.0753 e. The Balaban J connectivity index is 2.08. The van der Waals surface area contributed by atoms with Gasteiger partial charge in [0.25, 0.3) is 0 Å². The van der Waals surface area contributed by atoms with Gasteiger partial charge < -0.3 is 5.32 Å². The first kappa shape index (κ1) is 19.9. The zero-order valence-electron chi connectivity index (χ0n) is 15.5. The molecule has 2 heteroatoms. The van der Waals surface area contributed by atoms with E-state index in [1.165, 1.54) is 57.8 Å². The Morgan fingerprint density at radius 3 is 2.50 bits per heavy atom. The second-order valence-electron chi connectivity index (χ2n) is 7.65. The first-order valence-corrected chi connectivity index (χ1v) is 10.3. The fourth-order valence-corrected chi connectivity index (χ4v) is 4.35. The van der Waals surface area contributed by atoms with Gasteiger partial charge in [-0.1, -0.05) is 72.0 Å². The minimum Gasteiger partial charge on any atom is -0.380 e. The molecule has 0 aromatic heterocycles. The summed E-state index contributed by atoms with van der Waals surface area (Å²) in [6.07, 6.45) is 13.4. The van der Waals surface area contributed by atoms with Crippen molar-refractivity contribution in [1.82, 2.24) is 5.32 Å². The number of unbranched alkanes of at least 4 members (excludes halogenated alkanes) is 3. The van der Waals surface area contributed by atoms with Gasteiger partial charge in [-0.15, -0.1) is 0 Å². The van der Waals surface area contributed by atoms with E-state index in [0.29, 0.717) is 0 Å². The van der Waals surface area contributed by atoms with Gasteiger partial charge in [-0.3, -0.25) is 0 Å². The van der Waals surface area contributed by atoms with E-state index in [1.807, 2.05) is 0 Å². The SMILES string of the molecule is CCCCNC(=S)CCCCCC1CC(C)C(C)C(CC)C1. The molecule has 0 bridgehead atoms. The lowest BCUT2D eigenvalue weighted by Crippen LogP contribution is -2.29. The van der Waals surface area contributed by atoms with Crippen molar-refractivity contribution in [2.75, 3.05) is 6.54 Å². The van der Waals surface area contributed by atoms with Gasteiger partial charge in [0.05, 0.1) is 4.99 Å². The monoisotopic (exact) mass is 325 g/mol. The first-order valence-electron chi connectivity index (χ1n) is 9.85. The summed E-state index contributed by atoms with van der Waals surface area (Å²) < 4.78 is 0. The van der Waals surface area contributed by atoms with Gasteiger partial charge in [-0.05, 0) is 55.8 Å². The quantitative estimate of drug-likeness (QED) is 0.370. The molecule has 0 aromatic carbocycles. The molecule has 0 heterocycles. The largest absolute Gasteiger partial charge is 0.380 e. The lowest BCUT2D eigenvalue weighted by atomic mass is 9.67. The Labute approximate surface area is 145 Å². The zero-order chi connectivity index (χ0) is 16.4. The van der Waals surface area contributed by atoms with E-state index < -0.39 is 0 Å². The van der Waals surface area contributed by atoms with Crippen molar-refractivity contribution in [2.24, 2.45) is 23.7 Å². The summed E-state index contributed by atoms with van der Waals surface area (Å²) in [5.41, 5.74) is 0. The molecular formula is C20H39NS. The van der Waals surface area contributed by atoms with E-state index in [2.05, 4.69) is 33.0 Å². The van der Waals surface area contributed by atoms with Gasteiger partial charge in [-0.25, -0.2) is 0 Å². The maximum atomic E-state index is 5.39. The molecule has 1 saturated carbocycles. The third kappa shape index (κ3) is 7.44. The van der Waals surface area contributed by atoms with Crippen LogP contribution in [0.3, 0.4) is 0 Å². The zero-order valence-corrected chi connectivity index (χ0v) is 16.3. The average molecular weight is 326 g/mol. The Hall–Kier alpha value is -0.110. The summed E-state index contributed by atoms with van der Waals surface area (Å²) in [4.78, 5) is 1.08. The number of hydrogen-bond donors (Lipinski definition) is 1. The van der Waals surface area contributed by atoms with Crippen molar-refractivity contribution in [3.8, 4) is 0 Å². The molecule has 0 aromatic rings.